The molecule has 0 fully saturated rings. The summed E-state index contributed by atoms with van der Waals surface area (Å²) in [6, 6.07) is 11.3. The van der Waals surface area contributed by atoms with Gasteiger partial charge < -0.3 is 19.9 Å². The first-order valence-electron chi connectivity index (χ1n) is 8.74. The van der Waals surface area contributed by atoms with Crippen molar-refractivity contribution < 1.29 is 14.6 Å². The zero-order chi connectivity index (χ0) is 18.9. The van der Waals surface area contributed by atoms with E-state index in [0.29, 0.717) is 41.3 Å². The zero-order valence-electron chi connectivity index (χ0n) is 15.1. The highest BCUT2D eigenvalue weighted by molar-refractivity contribution is 6.35. The van der Waals surface area contributed by atoms with Crippen LogP contribution in [-0.4, -0.2) is 24.4 Å². The van der Waals surface area contributed by atoms with Crippen LogP contribution in [0.2, 0.25) is 10.0 Å². The lowest BCUT2D eigenvalue weighted by molar-refractivity contribution is 0.238. The molecule has 142 valence electrons. The highest BCUT2D eigenvalue weighted by atomic mass is 35.5. The van der Waals surface area contributed by atoms with E-state index in [1.54, 1.807) is 12.1 Å². The smallest absolute Gasteiger partial charge is 0.161 e. The summed E-state index contributed by atoms with van der Waals surface area (Å²) in [4.78, 5) is 0. The van der Waals surface area contributed by atoms with Gasteiger partial charge in [-0.1, -0.05) is 42.3 Å². The standard InChI is InChI=1S/C20H25Cl2NO3/c1-3-17(12-24)23-11-14-5-8-19(20(9-14)25-4-2)26-13-15-6-7-16(21)10-18(15)22/h5-10,17,23-24H,3-4,11-13H2,1-2H3/t17-/m1/s1. The summed E-state index contributed by atoms with van der Waals surface area (Å²) < 4.78 is 11.6. The van der Waals surface area contributed by atoms with E-state index in [2.05, 4.69) is 5.32 Å². The van der Waals surface area contributed by atoms with E-state index in [4.69, 9.17) is 32.7 Å². The van der Waals surface area contributed by atoms with Crippen LogP contribution in [0.25, 0.3) is 0 Å². The maximum atomic E-state index is 9.28. The molecule has 0 unspecified atom stereocenters. The maximum Gasteiger partial charge on any atom is 0.161 e. The Labute approximate surface area is 165 Å². The van der Waals surface area contributed by atoms with E-state index in [1.165, 1.54) is 0 Å². The molecule has 0 saturated heterocycles. The normalized spacial score (nSPS) is 12.0. The van der Waals surface area contributed by atoms with Gasteiger partial charge in [-0.25, -0.2) is 0 Å². The second kappa shape index (κ2) is 10.6. The van der Waals surface area contributed by atoms with Crippen LogP contribution in [0.4, 0.5) is 0 Å². The van der Waals surface area contributed by atoms with Crippen LogP contribution in [-0.2, 0) is 13.2 Å². The molecule has 0 aliphatic rings. The highest BCUT2D eigenvalue weighted by Crippen LogP contribution is 2.30. The third kappa shape index (κ3) is 6.06. The van der Waals surface area contributed by atoms with E-state index >= 15 is 0 Å². The molecule has 1 atom stereocenters. The van der Waals surface area contributed by atoms with Gasteiger partial charge in [-0.15, -0.1) is 0 Å². The van der Waals surface area contributed by atoms with E-state index in [9.17, 15) is 5.11 Å². The Bertz CT molecular complexity index is 705. The third-order valence-electron chi connectivity index (χ3n) is 4.01. The van der Waals surface area contributed by atoms with E-state index in [0.717, 1.165) is 17.5 Å². The fourth-order valence-corrected chi connectivity index (χ4v) is 2.91. The number of halogens is 2. The van der Waals surface area contributed by atoms with Crippen LogP contribution in [0.3, 0.4) is 0 Å². The van der Waals surface area contributed by atoms with Crippen molar-refractivity contribution in [2.24, 2.45) is 0 Å². The number of hydrogen-bond acceptors (Lipinski definition) is 4. The van der Waals surface area contributed by atoms with Gasteiger partial charge in [-0.05, 0) is 43.2 Å². The van der Waals surface area contributed by atoms with Crippen molar-refractivity contribution >= 4 is 23.2 Å². The topological polar surface area (TPSA) is 50.7 Å². The molecule has 0 heterocycles. The predicted molar refractivity (Wildman–Crippen MR) is 106 cm³/mol. The molecule has 2 rings (SSSR count). The van der Waals surface area contributed by atoms with Crippen LogP contribution in [0, 0.1) is 0 Å². The molecule has 0 bridgehead atoms. The van der Waals surface area contributed by atoms with Crippen LogP contribution >= 0.6 is 23.2 Å². The number of nitrogens with one attached hydrogen (secondary N) is 1. The predicted octanol–water partition coefficient (Wildman–Crippen LogP) is 4.83. The lowest BCUT2D eigenvalue weighted by Gasteiger charge is -2.16. The molecular formula is C20H25Cl2NO3. The Hall–Kier alpha value is -1.46. The minimum absolute atomic E-state index is 0.0912. The summed E-state index contributed by atoms with van der Waals surface area (Å²) in [7, 11) is 0. The van der Waals surface area contributed by atoms with Gasteiger partial charge in [0.15, 0.2) is 11.5 Å². The van der Waals surface area contributed by atoms with Crippen molar-refractivity contribution in [3.05, 3.63) is 57.6 Å². The number of ether oxygens (including phenoxy) is 2. The molecule has 4 nitrogen and oxygen atoms in total. The Morgan fingerprint density at radius 3 is 2.50 bits per heavy atom. The monoisotopic (exact) mass is 397 g/mol. The van der Waals surface area contributed by atoms with Crippen molar-refractivity contribution in [1.29, 1.82) is 0 Å². The molecule has 26 heavy (non-hydrogen) atoms. The fraction of sp³-hybridized carbons (Fsp3) is 0.400. The van der Waals surface area contributed by atoms with Crippen molar-refractivity contribution in [3.8, 4) is 11.5 Å². The lowest BCUT2D eigenvalue weighted by Crippen LogP contribution is -2.31. The Kier molecular flexibility index (Phi) is 8.52. The van der Waals surface area contributed by atoms with Crippen molar-refractivity contribution in [2.75, 3.05) is 13.2 Å². The summed E-state index contributed by atoms with van der Waals surface area (Å²) in [5, 5.41) is 13.8. The molecule has 6 heteroatoms. The van der Waals surface area contributed by atoms with E-state index < -0.39 is 0 Å². The van der Waals surface area contributed by atoms with Gasteiger partial charge in [0, 0.05) is 28.2 Å². The molecule has 0 spiro atoms. The van der Waals surface area contributed by atoms with Gasteiger partial charge in [0.1, 0.15) is 6.61 Å². The maximum absolute atomic E-state index is 9.28. The van der Waals surface area contributed by atoms with Gasteiger partial charge in [0.05, 0.1) is 13.2 Å². The Morgan fingerprint density at radius 1 is 1.04 bits per heavy atom. The summed E-state index contributed by atoms with van der Waals surface area (Å²) in [5.74, 6) is 1.35. The summed E-state index contributed by atoms with van der Waals surface area (Å²) in [5.41, 5.74) is 1.93. The SMILES string of the molecule is CCOc1cc(CN[C@H](CC)CO)ccc1OCc1ccc(Cl)cc1Cl. The van der Waals surface area contributed by atoms with Gasteiger partial charge in [0.2, 0.25) is 0 Å². The molecule has 0 aliphatic heterocycles. The first-order valence-corrected chi connectivity index (χ1v) is 9.49. The molecule has 2 aromatic carbocycles. The lowest BCUT2D eigenvalue weighted by atomic mass is 10.1. The second-order valence-corrected chi connectivity index (χ2v) is 6.75. The van der Waals surface area contributed by atoms with Gasteiger partial charge in [-0.3, -0.25) is 0 Å². The minimum atomic E-state index is 0.0912. The molecule has 2 N–H and O–H groups in total. The molecule has 0 aromatic heterocycles. The van der Waals surface area contributed by atoms with Crippen LogP contribution in [0.15, 0.2) is 36.4 Å². The Balaban J connectivity index is 2.07. The fourth-order valence-electron chi connectivity index (χ4n) is 2.44. The van der Waals surface area contributed by atoms with Crippen molar-refractivity contribution in [3.63, 3.8) is 0 Å². The largest absolute Gasteiger partial charge is 0.490 e. The number of hydrogen-bond donors (Lipinski definition) is 2. The first kappa shape index (κ1) is 20.8. The van der Waals surface area contributed by atoms with E-state index in [1.807, 2.05) is 38.1 Å². The summed E-state index contributed by atoms with van der Waals surface area (Å²) in [6.45, 7) is 5.63. The Morgan fingerprint density at radius 2 is 1.85 bits per heavy atom. The number of aliphatic hydroxyl groups excluding tert-OH is 1. The highest BCUT2D eigenvalue weighted by Gasteiger charge is 2.10. The minimum Gasteiger partial charge on any atom is -0.490 e. The first-order chi connectivity index (χ1) is 12.6. The number of aliphatic hydroxyl groups is 1. The van der Waals surface area contributed by atoms with E-state index in [-0.39, 0.29) is 12.6 Å². The average molecular weight is 398 g/mol. The van der Waals surface area contributed by atoms with Gasteiger partial charge >= 0.3 is 0 Å². The van der Waals surface area contributed by atoms with Crippen LogP contribution in [0.5, 0.6) is 11.5 Å². The molecule has 0 radical (unpaired) electrons. The summed E-state index contributed by atoms with van der Waals surface area (Å²) in [6.07, 6.45) is 0.873. The number of benzene rings is 2. The third-order valence-corrected chi connectivity index (χ3v) is 4.60. The van der Waals surface area contributed by atoms with Crippen molar-refractivity contribution in [2.45, 2.75) is 39.5 Å². The van der Waals surface area contributed by atoms with Gasteiger partial charge in [0.25, 0.3) is 0 Å². The molecular weight excluding hydrogens is 373 g/mol. The molecule has 0 amide bonds. The number of rotatable bonds is 10. The summed E-state index contributed by atoms with van der Waals surface area (Å²) >= 11 is 12.1. The van der Waals surface area contributed by atoms with Crippen LogP contribution < -0.4 is 14.8 Å². The average Bonchev–Trinajstić information content (AvgIpc) is 2.63. The molecule has 0 aliphatic carbocycles. The quantitative estimate of drug-likeness (QED) is 0.602. The van der Waals surface area contributed by atoms with Crippen molar-refractivity contribution in [1.82, 2.24) is 5.32 Å². The second-order valence-electron chi connectivity index (χ2n) is 5.91. The zero-order valence-corrected chi connectivity index (χ0v) is 16.6. The molecule has 2 aromatic rings. The van der Waals surface area contributed by atoms with Crippen LogP contribution in [0.1, 0.15) is 31.4 Å². The van der Waals surface area contributed by atoms with Gasteiger partial charge in [-0.2, -0.15) is 0 Å². The molecule has 0 saturated carbocycles.